The van der Waals surface area contributed by atoms with Crippen LogP contribution < -0.4 is 5.32 Å². The first-order valence-corrected chi connectivity index (χ1v) is 4.55. The molecule has 0 aliphatic carbocycles. The van der Waals surface area contributed by atoms with Gasteiger partial charge < -0.3 is 14.9 Å². The quantitative estimate of drug-likeness (QED) is 0.816. The standard InChI is InChI=1S/C9H7FN4O3/c10-7-5(9(15)16)1-2-11-8(7)12-3-6-13-4-17-14-6/h1-2,4H,3H2,(H,11,12)(H,15,16). The topological polar surface area (TPSA) is 101 Å². The SMILES string of the molecule is O=C(O)c1ccnc(NCc2ncon2)c1F. The number of pyridine rings is 1. The maximum Gasteiger partial charge on any atom is 0.338 e. The maximum absolute atomic E-state index is 13.6. The molecule has 2 aromatic heterocycles. The third-order valence-electron chi connectivity index (χ3n) is 1.94. The predicted molar refractivity (Wildman–Crippen MR) is 52.8 cm³/mol. The first-order chi connectivity index (χ1) is 8.18. The summed E-state index contributed by atoms with van der Waals surface area (Å²) in [7, 11) is 0. The Morgan fingerprint density at radius 3 is 3.00 bits per heavy atom. The van der Waals surface area contributed by atoms with Crippen molar-refractivity contribution in [3.63, 3.8) is 0 Å². The molecule has 2 heterocycles. The fraction of sp³-hybridized carbons (Fsp3) is 0.111. The van der Waals surface area contributed by atoms with Crippen molar-refractivity contribution in [3.8, 4) is 0 Å². The molecule has 0 bridgehead atoms. The van der Waals surface area contributed by atoms with E-state index >= 15 is 0 Å². The minimum atomic E-state index is -1.35. The molecule has 88 valence electrons. The van der Waals surface area contributed by atoms with E-state index in [-0.39, 0.29) is 12.4 Å². The number of nitrogens with one attached hydrogen (secondary N) is 1. The number of carbonyl (C=O) groups is 1. The highest BCUT2D eigenvalue weighted by Crippen LogP contribution is 2.15. The number of halogens is 1. The van der Waals surface area contributed by atoms with Crippen LogP contribution in [0.5, 0.6) is 0 Å². The van der Waals surface area contributed by atoms with Gasteiger partial charge in [-0.25, -0.2) is 14.2 Å². The zero-order valence-electron chi connectivity index (χ0n) is 8.42. The Labute approximate surface area is 94.3 Å². The van der Waals surface area contributed by atoms with Crippen molar-refractivity contribution in [2.75, 3.05) is 5.32 Å². The Hall–Kier alpha value is -2.51. The van der Waals surface area contributed by atoms with E-state index in [9.17, 15) is 9.18 Å². The van der Waals surface area contributed by atoms with Crippen LogP contribution in [-0.4, -0.2) is 26.2 Å². The van der Waals surface area contributed by atoms with Crippen LogP contribution in [0.25, 0.3) is 0 Å². The van der Waals surface area contributed by atoms with Crippen molar-refractivity contribution >= 4 is 11.8 Å². The molecule has 0 spiro atoms. The van der Waals surface area contributed by atoms with Gasteiger partial charge in [0.2, 0.25) is 6.39 Å². The molecule has 0 fully saturated rings. The second kappa shape index (κ2) is 4.56. The van der Waals surface area contributed by atoms with Gasteiger partial charge in [-0.3, -0.25) is 0 Å². The lowest BCUT2D eigenvalue weighted by Crippen LogP contribution is -2.09. The van der Waals surface area contributed by atoms with Crippen LogP contribution in [0.1, 0.15) is 16.2 Å². The number of carboxylic acid groups (broad SMARTS) is 1. The van der Waals surface area contributed by atoms with E-state index in [4.69, 9.17) is 5.11 Å². The molecule has 2 rings (SSSR count). The second-order valence-electron chi connectivity index (χ2n) is 3.03. The number of anilines is 1. The number of carboxylic acids is 1. The average molecular weight is 238 g/mol. The molecule has 2 aromatic rings. The Morgan fingerprint density at radius 2 is 2.35 bits per heavy atom. The zero-order valence-corrected chi connectivity index (χ0v) is 8.42. The van der Waals surface area contributed by atoms with Crippen LogP contribution in [-0.2, 0) is 6.54 Å². The van der Waals surface area contributed by atoms with E-state index in [1.165, 1.54) is 6.20 Å². The van der Waals surface area contributed by atoms with Gasteiger partial charge in [-0.2, -0.15) is 4.98 Å². The van der Waals surface area contributed by atoms with E-state index in [1.807, 2.05) is 0 Å². The summed E-state index contributed by atoms with van der Waals surface area (Å²) in [6.45, 7) is 0.0868. The first kappa shape index (κ1) is 11.0. The number of aromatic nitrogens is 3. The second-order valence-corrected chi connectivity index (χ2v) is 3.03. The van der Waals surface area contributed by atoms with E-state index < -0.39 is 17.3 Å². The molecule has 0 saturated carbocycles. The molecule has 0 radical (unpaired) electrons. The lowest BCUT2D eigenvalue weighted by Gasteiger charge is -2.05. The van der Waals surface area contributed by atoms with Gasteiger partial charge in [0.15, 0.2) is 17.5 Å². The minimum absolute atomic E-state index is 0.0868. The molecule has 8 heteroatoms. The molecule has 0 aromatic carbocycles. The molecule has 2 N–H and O–H groups in total. The number of nitrogens with zero attached hydrogens (tertiary/aromatic N) is 3. The summed E-state index contributed by atoms with van der Waals surface area (Å²) in [6, 6.07) is 1.08. The summed E-state index contributed by atoms with van der Waals surface area (Å²) >= 11 is 0. The Bertz CT molecular complexity index is 529. The Kier molecular flexibility index (Phi) is 2.95. The van der Waals surface area contributed by atoms with Crippen molar-refractivity contribution in [2.24, 2.45) is 0 Å². The van der Waals surface area contributed by atoms with Crippen molar-refractivity contribution < 1.29 is 18.8 Å². The number of rotatable bonds is 4. The average Bonchev–Trinajstić information content (AvgIpc) is 2.80. The van der Waals surface area contributed by atoms with Crippen LogP contribution in [0.2, 0.25) is 0 Å². The molecule has 0 unspecified atom stereocenters. The summed E-state index contributed by atoms with van der Waals surface area (Å²) in [5, 5.41) is 14.8. The van der Waals surface area contributed by atoms with E-state index in [2.05, 4.69) is 25.0 Å². The first-order valence-electron chi connectivity index (χ1n) is 4.55. The smallest absolute Gasteiger partial charge is 0.338 e. The molecule has 0 aliphatic rings. The van der Waals surface area contributed by atoms with Crippen molar-refractivity contribution in [1.29, 1.82) is 0 Å². The molecular weight excluding hydrogens is 231 g/mol. The van der Waals surface area contributed by atoms with E-state index in [1.54, 1.807) is 0 Å². The van der Waals surface area contributed by atoms with Gasteiger partial charge in [0.25, 0.3) is 0 Å². The Morgan fingerprint density at radius 1 is 1.53 bits per heavy atom. The fourth-order valence-electron chi connectivity index (χ4n) is 1.17. The molecule has 0 amide bonds. The van der Waals surface area contributed by atoms with Gasteiger partial charge in [0.1, 0.15) is 5.56 Å². The third kappa shape index (κ3) is 2.36. The molecule has 0 aliphatic heterocycles. The predicted octanol–water partition coefficient (Wildman–Crippen LogP) is 0.914. The largest absolute Gasteiger partial charge is 0.478 e. The molecule has 7 nitrogen and oxygen atoms in total. The number of hydrogen-bond donors (Lipinski definition) is 2. The van der Waals surface area contributed by atoms with Crippen LogP contribution in [0.3, 0.4) is 0 Å². The summed E-state index contributed by atoms with van der Waals surface area (Å²) in [6.07, 6.45) is 2.33. The maximum atomic E-state index is 13.6. The third-order valence-corrected chi connectivity index (χ3v) is 1.94. The van der Waals surface area contributed by atoms with Gasteiger partial charge in [-0.15, -0.1) is 0 Å². The number of aromatic carboxylic acids is 1. The van der Waals surface area contributed by atoms with E-state index in [0.717, 1.165) is 12.5 Å². The zero-order chi connectivity index (χ0) is 12.3. The summed E-state index contributed by atoms with van der Waals surface area (Å²) < 4.78 is 18.1. The van der Waals surface area contributed by atoms with E-state index in [0.29, 0.717) is 5.82 Å². The lowest BCUT2D eigenvalue weighted by atomic mass is 10.2. The molecule has 0 saturated heterocycles. The van der Waals surface area contributed by atoms with Gasteiger partial charge in [-0.05, 0) is 6.07 Å². The molecule has 0 atom stereocenters. The van der Waals surface area contributed by atoms with Crippen molar-refractivity contribution in [1.82, 2.24) is 15.1 Å². The van der Waals surface area contributed by atoms with Crippen LogP contribution in [0.15, 0.2) is 23.2 Å². The highest BCUT2D eigenvalue weighted by atomic mass is 19.1. The van der Waals surface area contributed by atoms with Gasteiger partial charge >= 0.3 is 5.97 Å². The normalized spacial score (nSPS) is 10.2. The highest BCUT2D eigenvalue weighted by molar-refractivity contribution is 5.88. The van der Waals surface area contributed by atoms with Gasteiger partial charge in [-0.1, -0.05) is 5.16 Å². The number of hydrogen-bond acceptors (Lipinski definition) is 6. The van der Waals surface area contributed by atoms with Crippen LogP contribution in [0, 0.1) is 5.82 Å². The fourth-order valence-corrected chi connectivity index (χ4v) is 1.17. The van der Waals surface area contributed by atoms with Crippen LogP contribution >= 0.6 is 0 Å². The van der Waals surface area contributed by atoms with Gasteiger partial charge in [0.05, 0.1) is 6.54 Å². The van der Waals surface area contributed by atoms with Gasteiger partial charge in [0, 0.05) is 6.20 Å². The summed E-state index contributed by atoms with van der Waals surface area (Å²) in [4.78, 5) is 18.1. The monoisotopic (exact) mass is 238 g/mol. The minimum Gasteiger partial charge on any atom is -0.478 e. The van der Waals surface area contributed by atoms with Crippen molar-refractivity contribution in [3.05, 3.63) is 35.9 Å². The summed E-state index contributed by atoms with van der Waals surface area (Å²) in [5.41, 5.74) is -0.449. The highest BCUT2D eigenvalue weighted by Gasteiger charge is 2.15. The van der Waals surface area contributed by atoms with Crippen molar-refractivity contribution in [2.45, 2.75) is 6.54 Å². The lowest BCUT2D eigenvalue weighted by molar-refractivity contribution is 0.0692. The summed E-state index contributed by atoms with van der Waals surface area (Å²) in [5.74, 6) is -2.14. The molecular formula is C9H7FN4O3. The van der Waals surface area contributed by atoms with Crippen LogP contribution in [0.4, 0.5) is 10.2 Å². The Balaban J connectivity index is 2.16. The molecule has 17 heavy (non-hydrogen) atoms.